The molecule has 0 spiro atoms. The SMILES string of the molecule is [2H]C([2H])([2H])Oc1cc(OC(F)(F)F)ccc1Oc1cc(Cl)cc(Cl)c1C(=O)Nc1ccncc1. The molecule has 1 aromatic heterocycles. The molecule has 3 aromatic rings. The van der Waals surface area contributed by atoms with Gasteiger partial charge in [0.15, 0.2) is 11.5 Å². The average molecular weight is 476 g/mol. The summed E-state index contributed by atoms with van der Waals surface area (Å²) in [5.74, 6) is -2.64. The molecular formula is C20H13Cl2F3N2O4. The lowest BCUT2D eigenvalue weighted by molar-refractivity contribution is -0.274. The van der Waals surface area contributed by atoms with Crippen molar-refractivity contribution in [3.05, 3.63) is 70.5 Å². The van der Waals surface area contributed by atoms with Crippen LogP contribution in [-0.2, 0) is 0 Å². The van der Waals surface area contributed by atoms with E-state index in [2.05, 4.69) is 15.0 Å². The number of methoxy groups -OCH3 is 1. The summed E-state index contributed by atoms with van der Waals surface area (Å²) in [4.78, 5) is 16.7. The van der Waals surface area contributed by atoms with Crippen LogP contribution in [0.2, 0.25) is 10.0 Å². The highest BCUT2D eigenvalue weighted by molar-refractivity contribution is 6.37. The van der Waals surface area contributed by atoms with Crippen LogP contribution in [0.4, 0.5) is 18.9 Å². The second-order valence-corrected chi connectivity index (χ2v) is 6.65. The molecule has 11 heteroatoms. The number of nitrogens with zero attached hydrogens (tertiary/aromatic N) is 1. The molecule has 31 heavy (non-hydrogen) atoms. The van der Waals surface area contributed by atoms with Crippen LogP contribution in [0.1, 0.15) is 14.5 Å². The number of hydrogen-bond acceptors (Lipinski definition) is 5. The number of amides is 1. The van der Waals surface area contributed by atoms with Crippen LogP contribution in [0.5, 0.6) is 23.0 Å². The summed E-state index contributed by atoms with van der Waals surface area (Å²) < 4.78 is 73.8. The molecule has 0 aliphatic heterocycles. The monoisotopic (exact) mass is 475 g/mol. The Morgan fingerprint density at radius 1 is 1.06 bits per heavy atom. The molecule has 0 fully saturated rings. The molecule has 0 saturated carbocycles. The fourth-order valence-corrected chi connectivity index (χ4v) is 3.01. The zero-order chi connectivity index (χ0) is 25.1. The Morgan fingerprint density at radius 3 is 2.48 bits per heavy atom. The van der Waals surface area contributed by atoms with Gasteiger partial charge in [0.05, 0.1) is 16.2 Å². The maximum atomic E-state index is 12.9. The Morgan fingerprint density at radius 2 is 1.81 bits per heavy atom. The molecule has 1 amide bonds. The molecular weight excluding hydrogens is 460 g/mol. The molecule has 0 bridgehead atoms. The first-order valence-electron chi connectivity index (χ1n) is 9.78. The van der Waals surface area contributed by atoms with Crippen molar-refractivity contribution in [3.8, 4) is 23.0 Å². The first-order valence-corrected chi connectivity index (χ1v) is 9.03. The Hall–Kier alpha value is -3.17. The van der Waals surface area contributed by atoms with E-state index in [0.717, 1.165) is 12.1 Å². The van der Waals surface area contributed by atoms with Crippen LogP contribution < -0.4 is 19.5 Å². The largest absolute Gasteiger partial charge is 0.573 e. The van der Waals surface area contributed by atoms with E-state index in [0.29, 0.717) is 11.8 Å². The number of benzene rings is 2. The molecule has 6 nitrogen and oxygen atoms in total. The van der Waals surface area contributed by atoms with E-state index >= 15 is 0 Å². The highest BCUT2D eigenvalue weighted by Gasteiger charge is 2.31. The number of halogens is 5. The number of nitrogens with one attached hydrogen (secondary N) is 1. The van der Waals surface area contributed by atoms with Gasteiger partial charge in [-0.1, -0.05) is 23.2 Å². The number of pyridine rings is 1. The topological polar surface area (TPSA) is 69.7 Å². The van der Waals surface area contributed by atoms with Crippen LogP contribution >= 0.6 is 23.2 Å². The number of rotatable bonds is 6. The number of alkyl halides is 3. The van der Waals surface area contributed by atoms with Crippen LogP contribution in [0, 0.1) is 0 Å². The number of aromatic nitrogens is 1. The second-order valence-electron chi connectivity index (χ2n) is 5.81. The van der Waals surface area contributed by atoms with Gasteiger partial charge in [-0.05, 0) is 30.3 Å². The second kappa shape index (κ2) is 9.32. The van der Waals surface area contributed by atoms with Crippen LogP contribution in [0.15, 0.2) is 54.9 Å². The predicted octanol–water partition coefficient (Wildman–Crippen LogP) is 6.34. The summed E-state index contributed by atoms with van der Waals surface area (Å²) in [5.41, 5.74) is 0.204. The number of anilines is 1. The van der Waals surface area contributed by atoms with Crippen molar-refractivity contribution in [3.63, 3.8) is 0 Å². The van der Waals surface area contributed by atoms with Crippen molar-refractivity contribution in [2.45, 2.75) is 6.36 Å². The molecule has 0 radical (unpaired) electrons. The molecule has 1 N–H and O–H groups in total. The van der Waals surface area contributed by atoms with Crippen molar-refractivity contribution in [1.29, 1.82) is 0 Å². The van der Waals surface area contributed by atoms with Crippen molar-refractivity contribution in [2.24, 2.45) is 0 Å². The van der Waals surface area contributed by atoms with E-state index in [-0.39, 0.29) is 27.1 Å². The molecule has 0 aliphatic carbocycles. The lowest BCUT2D eigenvalue weighted by Gasteiger charge is -2.16. The van der Waals surface area contributed by atoms with E-state index in [1.807, 2.05) is 0 Å². The third kappa shape index (κ3) is 5.93. The van der Waals surface area contributed by atoms with Crippen LogP contribution in [-0.4, -0.2) is 24.3 Å². The minimum atomic E-state index is -5.03. The van der Waals surface area contributed by atoms with Gasteiger partial charge >= 0.3 is 6.36 Å². The molecule has 0 unspecified atom stereocenters. The molecule has 1 heterocycles. The zero-order valence-corrected chi connectivity index (χ0v) is 16.7. The van der Waals surface area contributed by atoms with Gasteiger partial charge in [0.1, 0.15) is 17.1 Å². The lowest BCUT2D eigenvalue weighted by atomic mass is 10.1. The van der Waals surface area contributed by atoms with E-state index in [1.54, 1.807) is 0 Å². The quantitative estimate of drug-likeness (QED) is 0.450. The van der Waals surface area contributed by atoms with Gasteiger partial charge in [0.25, 0.3) is 5.91 Å². The molecule has 162 valence electrons. The van der Waals surface area contributed by atoms with Gasteiger partial charge in [0.2, 0.25) is 0 Å². The first-order chi connectivity index (χ1) is 15.8. The van der Waals surface area contributed by atoms with E-state index in [9.17, 15) is 18.0 Å². The molecule has 2 aromatic carbocycles. The third-order valence-corrected chi connectivity index (χ3v) is 4.18. The number of ether oxygens (including phenoxy) is 3. The summed E-state index contributed by atoms with van der Waals surface area (Å²) in [6.07, 6.45) is -2.14. The minimum Gasteiger partial charge on any atom is -0.493 e. The van der Waals surface area contributed by atoms with Gasteiger partial charge in [-0.25, -0.2) is 0 Å². The van der Waals surface area contributed by atoms with Crippen LogP contribution in [0.3, 0.4) is 0 Å². The number of carbonyl (C=O) groups excluding carboxylic acids is 1. The summed E-state index contributed by atoms with van der Waals surface area (Å²) >= 11 is 12.2. The third-order valence-electron chi connectivity index (χ3n) is 3.66. The Kier molecular flexibility index (Phi) is 5.59. The Bertz CT molecular complexity index is 1200. The highest BCUT2D eigenvalue weighted by atomic mass is 35.5. The van der Waals surface area contributed by atoms with Crippen molar-refractivity contribution in [2.75, 3.05) is 12.4 Å². The van der Waals surface area contributed by atoms with Gasteiger partial charge in [-0.15, -0.1) is 13.2 Å². The van der Waals surface area contributed by atoms with Crippen molar-refractivity contribution >= 4 is 34.8 Å². The average Bonchev–Trinajstić information content (AvgIpc) is 2.68. The maximum Gasteiger partial charge on any atom is 0.573 e. The Labute approximate surface area is 188 Å². The smallest absolute Gasteiger partial charge is 0.493 e. The standard InChI is InChI=1S/C20H13Cl2F3N2O4/c1-29-16-10-13(31-20(23,24)25)2-3-15(16)30-17-9-11(21)8-14(22)18(17)19(28)27-12-4-6-26-7-5-12/h2-10H,1H3,(H,26,27,28)/i1D3. The van der Waals surface area contributed by atoms with E-state index in [4.69, 9.17) is 36.8 Å². The molecule has 0 saturated heterocycles. The summed E-state index contributed by atoms with van der Waals surface area (Å²) in [6, 6.07) is 8.05. The fraction of sp³-hybridized carbons (Fsp3) is 0.100. The zero-order valence-electron chi connectivity index (χ0n) is 18.2. The highest BCUT2D eigenvalue weighted by Crippen LogP contribution is 2.40. The maximum absolute atomic E-state index is 12.9. The van der Waals surface area contributed by atoms with Gasteiger partial charge in [-0.3, -0.25) is 9.78 Å². The molecule has 0 atom stereocenters. The van der Waals surface area contributed by atoms with E-state index < -0.39 is 30.8 Å². The van der Waals surface area contributed by atoms with Gasteiger partial charge in [-0.2, -0.15) is 0 Å². The normalized spacial score (nSPS) is 12.9. The molecule has 0 aliphatic rings. The Balaban J connectivity index is 2.01. The summed E-state index contributed by atoms with van der Waals surface area (Å²) in [7, 11) is -3.04. The lowest BCUT2D eigenvalue weighted by Crippen LogP contribution is -2.17. The number of carbonyl (C=O) groups is 1. The number of hydrogen-bond donors (Lipinski definition) is 1. The van der Waals surface area contributed by atoms with E-state index in [1.165, 1.54) is 36.7 Å². The fourth-order valence-electron chi connectivity index (χ4n) is 2.45. The predicted molar refractivity (Wildman–Crippen MR) is 108 cm³/mol. The van der Waals surface area contributed by atoms with Crippen molar-refractivity contribution < 1.29 is 36.3 Å². The minimum absolute atomic E-state index is 0.0655. The van der Waals surface area contributed by atoms with Crippen LogP contribution in [0.25, 0.3) is 0 Å². The molecule has 3 rings (SSSR count). The summed E-state index contributed by atoms with van der Waals surface area (Å²) in [6.45, 7) is 0. The van der Waals surface area contributed by atoms with Gasteiger partial charge < -0.3 is 19.5 Å². The first kappa shape index (κ1) is 18.6. The van der Waals surface area contributed by atoms with Gasteiger partial charge in [0, 0.05) is 35.2 Å². The summed E-state index contributed by atoms with van der Waals surface area (Å²) in [5, 5.41) is 2.54. The van der Waals surface area contributed by atoms with Crippen molar-refractivity contribution in [1.82, 2.24) is 4.98 Å².